The summed E-state index contributed by atoms with van der Waals surface area (Å²) in [6.45, 7) is 0.302. The lowest BCUT2D eigenvalue weighted by molar-refractivity contribution is -0.384. The number of aromatic nitrogens is 1. The monoisotopic (exact) mass is 294 g/mol. The van der Waals surface area contributed by atoms with Crippen LogP contribution in [0.3, 0.4) is 0 Å². The first-order chi connectivity index (χ1) is 9.94. The van der Waals surface area contributed by atoms with Gasteiger partial charge in [-0.15, -0.1) is 0 Å². The molecule has 8 heteroatoms. The quantitative estimate of drug-likeness (QED) is 0.652. The fraction of sp³-hybridized carbons (Fsp3) is 0.154. The van der Waals surface area contributed by atoms with Crippen molar-refractivity contribution >= 4 is 17.3 Å². The number of nitrogens with two attached hydrogens (primary N) is 1. The Kier molecular flexibility index (Phi) is 4.27. The number of pyridine rings is 1. The highest BCUT2D eigenvalue weighted by atomic mass is 19.1. The molecule has 0 saturated carbocycles. The number of nitrogens with one attached hydrogen (secondary N) is 1. The summed E-state index contributed by atoms with van der Waals surface area (Å²) in [6, 6.07) is 5.62. The van der Waals surface area contributed by atoms with Gasteiger partial charge in [0.1, 0.15) is 23.3 Å². The van der Waals surface area contributed by atoms with Crippen molar-refractivity contribution in [2.24, 2.45) is 0 Å². The number of hydrogen-bond donors (Lipinski definition) is 2. The van der Waals surface area contributed by atoms with E-state index in [1.807, 2.05) is 0 Å². The van der Waals surface area contributed by atoms with E-state index in [-0.39, 0.29) is 17.3 Å². The number of nitro groups is 1. The summed E-state index contributed by atoms with van der Waals surface area (Å²) in [6.07, 6.45) is 0.332. The van der Waals surface area contributed by atoms with E-state index in [9.17, 15) is 18.9 Å². The normalized spacial score (nSPS) is 10.4. The molecule has 1 heterocycles. The lowest BCUT2D eigenvalue weighted by Crippen LogP contribution is -2.08. The predicted octanol–water partition coefficient (Wildman–Crippen LogP) is 2.50. The minimum atomic E-state index is -0.650. The van der Waals surface area contributed by atoms with Crippen molar-refractivity contribution in [1.82, 2.24) is 4.98 Å². The van der Waals surface area contributed by atoms with Crippen molar-refractivity contribution in [3.63, 3.8) is 0 Å². The summed E-state index contributed by atoms with van der Waals surface area (Å²) in [5, 5.41) is 13.5. The number of benzene rings is 1. The first-order valence-electron chi connectivity index (χ1n) is 6.05. The van der Waals surface area contributed by atoms with Gasteiger partial charge in [-0.25, -0.2) is 13.8 Å². The van der Waals surface area contributed by atoms with Crippen LogP contribution in [0.25, 0.3) is 0 Å². The molecule has 2 rings (SSSR count). The Morgan fingerprint density at radius 2 is 1.86 bits per heavy atom. The standard InChI is InChI=1S/C13H12F2N4O2/c14-9-3-8(4-10(15)5-9)1-2-17-13-7-11(19(20)21)6-12(16)18-13/h3-7H,1-2H2,(H3,16,17,18). The van der Waals surface area contributed by atoms with Crippen LogP contribution in [0.2, 0.25) is 0 Å². The average Bonchev–Trinajstić information content (AvgIpc) is 2.36. The predicted molar refractivity (Wildman–Crippen MR) is 73.9 cm³/mol. The fourth-order valence-corrected chi connectivity index (χ4v) is 1.82. The highest BCUT2D eigenvalue weighted by Gasteiger charge is 2.09. The van der Waals surface area contributed by atoms with E-state index in [1.54, 1.807) is 0 Å². The first-order valence-corrected chi connectivity index (χ1v) is 6.05. The molecule has 1 aromatic carbocycles. The number of nitrogens with zero attached hydrogens (tertiary/aromatic N) is 2. The molecule has 110 valence electrons. The molecule has 0 unspecified atom stereocenters. The molecule has 0 aliphatic carbocycles. The van der Waals surface area contributed by atoms with E-state index in [4.69, 9.17) is 5.73 Å². The van der Waals surface area contributed by atoms with Gasteiger partial charge in [0.05, 0.1) is 17.1 Å². The molecule has 0 saturated heterocycles. The minimum absolute atomic E-state index is 0.0171. The van der Waals surface area contributed by atoms with Gasteiger partial charge in [-0.05, 0) is 24.1 Å². The van der Waals surface area contributed by atoms with E-state index in [2.05, 4.69) is 10.3 Å². The van der Waals surface area contributed by atoms with Gasteiger partial charge < -0.3 is 11.1 Å². The zero-order chi connectivity index (χ0) is 15.4. The highest BCUT2D eigenvalue weighted by Crippen LogP contribution is 2.18. The maximum atomic E-state index is 13.0. The average molecular weight is 294 g/mol. The van der Waals surface area contributed by atoms with Crippen molar-refractivity contribution in [3.8, 4) is 0 Å². The third-order valence-corrected chi connectivity index (χ3v) is 2.68. The molecule has 0 amide bonds. The smallest absolute Gasteiger partial charge is 0.276 e. The summed E-state index contributed by atoms with van der Waals surface area (Å²) in [7, 11) is 0. The molecular weight excluding hydrogens is 282 g/mol. The second kappa shape index (κ2) is 6.12. The summed E-state index contributed by atoms with van der Waals surface area (Å²) in [5.74, 6) is -1.05. The molecule has 21 heavy (non-hydrogen) atoms. The SMILES string of the molecule is Nc1cc([N+](=O)[O-])cc(NCCc2cc(F)cc(F)c2)n1. The Morgan fingerprint density at radius 3 is 2.48 bits per heavy atom. The molecule has 0 bridgehead atoms. The fourth-order valence-electron chi connectivity index (χ4n) is 1.82. The van der Waals surface area contributed by atoms with Crippen LogP contribution in [0.1, 0.15) is 5.56 Å². The highest BCUT2D eigenvalue weighted by molar-refractivity contribution is 5.52. The third-order valence-electron chi connectivity index (χ3n) is 2.68. The minimum Gasteiger partial charge on any atom is -0.383 e. The topological polar surface area (TPSA) is 94.1 Å². The van der Waals surface area contributed by atoms with Gasteiger partial charge in [0, 0.05) is 12.6 Å². The maximum Gasteiger partial charge on any atom is 0.276 e. The molecule has 0 fully saturated rings. The van der Waals surface area contributed by atoms with Crippen molar-refractivity contribution in [2.45, 2.75) is 6.42 Å². The molecule has 0 radical (unpaired) electrons. The van der Waals surface area contributed by atoms with E-state index in [0.717, 1.165) is 12.1 Å². The van der Waals surface area contributed by atoms with E-state index in [0.29, 0.717) is 18.5 Å². The van der Waals surface area contributed by atoms with Gasteiger partial charge in [-0.1, -0.05) is 0 Å². The summed E-state index contributed by atoms with van der Waals surface area (Å²) in [5.41, 5.74) is 5.76. The van der Waals surface area contributed by atoms with Crippen molar-refractivity contribution in [2.75, 3.05) is 17.6 Å². The van der Waals surface area contributed by atoms with E-state index >= 15 is 0 Å². The molecule has 3 N–H and O–H groups in total. The van der Waals surface area contributed by atoms with E-state index in [1.165, 1.54) is 18.2 Å². The molecular formula is C13H12F2N4O2. The van der Waals surface area contributed by atoms with E-state index < -0.39 is 16.6 Å². The lowest BCUT2D eigenvalue weighted by Gasteiger charge is -2.07. The van der Waals surface area contributed by atoms with Crippen molar-refractivity contribution in [3.05, 3.63) is 57.6 Å². The molecule has 6 nitrogen and oxygen atoms in total. The van der Waals surface area contributed by atoms with Crippen LogP contribution in [0, 0.1) is 21.7 Å². The van der Waals surface area contributed by atoms with Crippen LogP contribution in [-0.2, 0) is 6.42 Å². The van der Waals surface area contributed by atoms with Gasteiger partial charge in [-0.3, -0.25) is 10.1 Å². The molecule has 0 aliphatic rings. The molecule has 2 aromatic rings. The number of nitrogen functional groups attached to an aromatic ring is 1. The van der Waals surface area contributed by atoms with Gasteiger partial charge in [0.25, 0.3) is 5.69 Å². The van der Waals surface area contributed by atoms with Crippen LogP contribution >= 0.6 is 0 Å². The number of rotatable bonds is 5. The molecule has 0 spiro atoms. The Morgan fingerprint density at radius 1 is 1.19 bits per heavy atom. The van der Waals surface area contributed by atoms with Crippen molar-refractivity contribution in [1.29, 1.82) is 0 Å². The zero-order valence-corrected chi connectivity index (χ0v) is 10.8. The maximum absolute atomic E-state index is 13.0. The van der Waals surface area contributed by atoms with Crippen LogP contribution < -0.4 is 11.1 Å². The van der Waals surface area contributed by atoms with Gasteiger partial charge in [0.15, 0.2) is 0 Å². The Bertz CT molecular complexity index is 659. The van der Waals surface area contributed by atoms with Gasteiger partial charge in [-0.2, -0.15) is 0 Å². The van der Waals surface area contributed by atoms with Gasteiger partial charge in [0.2, 0.25) is 0 Å². The first kappa shape index (κ1) is 14.6. The molecule has 0 aliphatic heterocycles. The molecule has 0 atom stereocenters. The number of hydrogen-bond acceptors (Lipinski definition) is 5. The lowest BCUT2D eigenvalue weighted by atomic mass is 10.1. The third kappa shape index (κ3) is 4.10. The van der Waals surface area contributed by atoms with Crippen LogP contribution in [0.4, 0.5) is 26.1 Å². The van der Waals surface area contributed by atoms with Crippen LogP contribution in [0.5, 0.6) is 0 Å². The van der Waals surface area contributed by atoms with Crippen LogP contribution in [-0.4, -0.2) is 16.5 Å². The van der Waals surface area contributed by atoms with Crippen molar-refractivity contribution < 1.29 is 13.7 Å². The Balaban J connectivity index is 2.01. The Hall–Kier alpha value is -2.77. The largest absolute Gasteiger partial charge is 0.383 e. The number of halogens is 2. The van der Waals surface area contributed by atoms with Crippen LogP contribution in [0.15, 0.2) is 30.3 Å². The summed E-state index contributed by atoms with van der Waals surface area (Å²) >= 11 is 0. The number of anilines is 2. The summed E-state index contributed by atoms with van der Waals surface area (Å²) < 4.78 is 26.0. The van der Waals surface area contributed by atoms with Gasteiger partial charge >= 0.3 is 0 Å². The second-order valence-electron chi connectivity index (χ2n) is 4.35. The summed E-state index contributed by atoms with van der Waals surface area (Å²) in [4.78, 5) is 14.0. The zero-order valence-electron chi connectivity index (χ0n) is 10.8. The Labute approximate surface area is 118 Å². The second-order valence-corrected chi connectivity index (χ2v) is 4.35. The molecule has 1 aromatic heterocycles.